The Morgan fingerprint density at radius 1 is 1.02 bits per heavy atom. The summed E-state index contributed by atoms with van der Waals surface area (Å²) in [5, 5.41) is 8.19. The normalized spacial score (nSPS) is 14.0. The number of hydrogen-bond acceptors (Lipinski definition) is 9. The quantitative estimate of drug-likeness (QED) is 0.239. The molecule has 0 bridgehead atoms. The minimum absolute atomic E-state index is 0.0917. The van der Waals surface area contributed by atoms with Crippen LogP contribution in [-0.4, -0.2) is 70.7 Å². The number of amides is 2. The number of carbonyl (C=O) groups is 2. The van der Waals surface area contributed by atoms with E-state index in [0.717, 1.165) is 11.6 Å². The second-order valence-electron chi connectivity index (χ2n) is 11.3. The van der Waals surface area contributed by atoms with Crippen LogP contribution in [0, 0.1) is 0 Å². The number of carbonyl (C=O) groups excluding carboxylic acids is 2. The van der Waals surface area contributed by atoms with Gasteiger partial charge in [-0.15, -0.1) is 0 Å². The van der Waals surface area contributed by atoms with E-state index in [1.165, 1.54) is 19.2 Å². The van der Waals surface area contributed by atoms with Crippen LogP contribution in [0.4, 0.5) is 46.8 Å². The lowest BCUT2D eigenvalue weighted by Gasteiger charge is -2.35. The van der Waals surface area contributed by atoms with Crippen molar-refractivity contribution in [3.05, 3.63) is 72.4 Å². The molecule has 0 unspecified atom stereocenters. The Balaban J connectivity index is 1.47. The molecule has 2 aromatic carbocycles. The molecule has 1 aliphatic rings. The average Bonchev–Trinajstić information content (AvgIpc) is 2.97. The van der Waals surface area contributed by atoms with Crippen LogP contribution in [0.5, 0.6) is 5.75 Å². The van der Waals surface area contributed by atoms with Crippen molar-refractivity contribution >= 4 is 40.8 Å². The molecule has 1 aliphatic heterocycles. The minimum atomic E-state index is -4.73. The van der Waals surface area contributed by atoms with Gasteiger partial charge in [0.25, 0.3) is 0 Å². The fourth-order valence-corrected chi connectivity index (χ4v) is 4.48. The molecule has 3 N–H and O–H groups in total. The highest BCUT2D eigenvalue weighted by Gasteiger charge is 2.35. The lowest BCUT2D eigenvalue weighted by molar-refractivity contribution is -0.137. The number of nitrogens with zero attached hydrogens (tertiary/aromatic N) is 4. The maximum Gasteiger partial charge on any atom is 0.421 e. The van der Waals surface area contributed by atoms with Gasteiger partial charge in [-0.05, 0) is 62.7 Å². The van der Waals surface area contributed by atoms with Gasteiger partial charge in [0, 0.05) is 50.3 Å². The summed E-state index contributed by atoms with van der Waals surface area (Å²) >= 11 is 0. The van der Waals surface area contributed by atoms with Crippen LogP contribution in [0.1, 0.15) is 31.9 Å². The van der Waals surface area contributed by atoms with Gasteiger partial charge in [0.15, 0.2) is 0 Å². The molecule has 4 rings (SSSR count). The van der Waals surface area contributed by atoms with Crippen molar-refractivity contribution in [2.45, 2.75) is 39.1 Å². The third kappa shape index (κ3) is 9.32. The summed E-state index contributed by atoms with van der Waals surface area (Å²) in [5.74, 6) is -0.583. The summed E-state index contributed by atoms with van der Waals surface area (Å²) in [5.41, 5.74) is 0.406. The molecule has 0 spiro atoms. The van der Waals surface area contributed by atoms with Crippen LogP contribution >= 0.6 is 0 Å². The van der Waals surface area contributed by atoms with Crippen LogP contribution in [0.25, 0.3) is 0 Å². The Labute approximate surface area is 259 Å². The van der Waals surface area contributed by atoms with Gasteiger partial charge < -0.3 is 30.3 Å². The lowest BCUT2D eigenvalue weighted by Crippen LogP contribution is -2.49. The van der Waals surface area contributed by atoms with Crippen LogP contribution in [0.2, 0.25) is 0 Å². The molecule has 3 aromatic rings. The molecule has 1 saturated heterocycles. The van der Waals surface area contributed by atoms with Crippen molar-refractivity contribution in [2.75, 3.05) is 49.2 Å². The zero-order valence-electron chi connectivity index (χ0n) is 25.5. The first-order valence-corrected chi connectivity index (χ1v) is 14.1. The second-order valence-corrected chi connectivity index (χ2v) is 11.3. The maximum absolute atomic E-state index is 13.8. The first-order chi connectivity index (χ1) is 21.2. The predicted octanol–water partition coefficient (Wildman–Crippen LogP) is 6.17. The van der Waals surface area contributed by atoms with Gasteiger partial charge in [0.05, 0.1) is 12.8 Å². The number of anilines is 5. The highest BCUT2D eigenvalue weighted by molar-refractivity contribution is 5.99. The number of methoxy groups -OCH3 is 1. The van der Waals surface area contributed by atoms with Crippen molar-refractivity contribution in [3.8, 4) is 5.75 Å². The monoisotopic (exact) mass is 627 g/mol. The minimum Gasteiger partial charge on any atom is -0.495 e. The van der Waals surface area contributed by atoms with Gasteiger partial charge in [0.2, 0.25) is 11.9 Å². The summed E-state index contributed by atoms with van der Waals surface area (Å²) in [6, 6.07) is 11.6. The number of ether oxygens (including phenoxy) is 2. The third-order valence-corrected chi connectivity index (χ3v) is 6.61. The smallest absolute Gasteiger partial charge is 0.421 e. The van der Waals surface area contributed by atoms with Crippen LogP contribution in [0.3, 0.4) is 0 Å². The van der Waals surface area contributed by atoms with Crippen LogP contribution in [0.15, 0.2) is 61.3 Å². The van der Waals surface area contributed by atoms with Gasteiger partial charge in [0.1, 0.15) is 22.7 Å². The van der Waals surface area contributed by atoms with E-state index in [1.807, 2.05) is 32.9 Å². The molecule has 0 saturated carbocycles. The Morgan fingerprint density at radius 2 is 1.73 bits per heavy atom. The number of piperazine rings is 1. The molecule has 0 atom stereocenters. The fraction of sp³-hybridized carbons (Fsp3) is 0.355. The molecule has 0 aliphatic carbocycles. The lowest BCUT2D eigenvalue weighted by atomic mass is 10.1. The van der Waals surface area contributed by atoms with E-state index in [4.69, 9.17) is 9.47 Å². The topological polar surface area (TPSA) is 121 Å². The number of benzene rings is 2. The van der Waals surface area contributed by atoms with E-state index in [2.05, 4.69) is 37.4 Å². The van der Waals surface area contributed by atoms with Crippen molar-refractivity contribution in [3.63, 3.8) is 0 Å². The Hall–Kier alpha value is -4.85. The SMILES string of the molecule is C=CC(=O)Nc1cccc(Nc2nc(Nc3ccc(CN4CCN(C(=O)OC(C)(C)C)CC4)cc3OC)ncc2C(F)(F)F)c1. The number of halogens is 3. The first-order valence-electron chi connectivity index (χ1n) is 14.1. The van der Waals surface area contributed by atoms with Crippen molar-refractivity contribution in [1.29, 1.82) is 0 Å². The Kier molecular flexibility index (Phi) is 10.2. The zero-order chi connectivity index (χ0) is 32.8. The summed E-state index contributed by atoms with van der Waals surface area (Å²) in [6.45, 7) is 11.9. The molecule has 240 valence electrons. The fourth-order valence-electron chi connectivity index (χ4n) is 4.48. The van der Waals surface area contributed by atoms with E-state index < -0.39 is 29.1 Å². The molecular weight excluding hydrogens is 591 g/mol. The van der Waals surface area contributed by atoms with E-state index in [9.17, 15) is 22.8 Å². The standard InChI is InChI=1S/C31H36F3N7O4/c1-6-26(42)36-21-8-7-9-22(17-21)37-27-23(31(32,33)34)18-35-28(39-27)38-24-11-10-20(16-25(24)44-5)19-40-12-14-41(15-13-40)29(43)45-30(2,3)4/h6-11,16-18H,1,12-15,19H2,2-5H3,(H,36,42)(H2,35,37,38,39). The molecule has 14 heteroatoms. The Bertz CT molecular complexity index is 1530. The highest BCUT2D eigenvalue weighted by atomic mass is 19.4. The molecule has 2 heterocycles. The molecule has 2 amide bonds. The Morgan fingerprint density at radius 3 is 2.38 bits per heavy atom. The van der Waals surface area contributed by atoms with Crippen LogP contribution in [-0.2, 0) is 22.3 Å². The molecular formula is C31H36F3N7O4. The van der Waals surface area contributed by atoms with Crippen molar-refractivity contribution in [1.82, 2.24) is 19.8 Å². The number of alkyl halides is 3. The highest BCUT2D eigenvalue weighted by Crippen LogP contribution is 2.36. The number of hydrogen-bond donors (Lipinski definition) is 3. The maximum atomic E-state index is 13.8. The van der Waals surface area contributed by atoms with E-state index in [1.54, 1.807) is 23.1 Å². The van der Waals surface area contributed by atoms with Crippen molar-refractivity contribution < 1.29 is 32.2 Å². The number of aromatic nitrogens is 2. The van der Waals surface area contributed by atoms with Gasteiger partial charge in [-0.2, -0.15) is 18.2 Å². The number of rotatable bonds is 9. The van der Waals surface area contributed by atoms with Crippen molar-refractivity contribution in [2.24, 2.45) is 0 Å². The predicted molar refractivity (Wildman–Crippen MR) is 165 cm³/mol. The summed E-state index contributed by atoms with van der Waals surface area (Å²) in [6.07, 6.45) is -3.28. The van der Waals surface area contributed by atoms with Gasteiger partial charge in [-0.25, -0.2) is 9.78 Å². The van der Waals surface area contributed by atoms with E-state index in [0.29, 0.717) is 56.0 Å². The molecule has 0 radical (unpaired) electrons. The third-order valence-electron chi connectivity index (χ3n) is 6.61. The van der Waals surface area contributed by atoms with Gasteiger partial charge >= 0.3 is 12.3 Å². The average molecular weight is 628 g/mol. The van der Waals surface area contributed by atoms with Gasteiger partial charge in [-0.1, -0.05) is 18.7 Å². The van der Waals surface area contributed by atoms with E-state index in [-0.39, 0.29) is 17.7 Å². The zero-order valence-corrected chi connectivity index (χ0v) is 25.5. The second kappa shape index (κ2) is 13.8. The number of nitrogens with one attached hydrogen (secondary N) is 3. The van der Waals surface area contributed by atoms with Gasteiger partial charge in [-0.3, -0.25) is 9.69 Å². The van der Waals surface area contributed by atoms with E-state index >= 15 is 0 Å². The summed E-state index contributed by atoms with van der Waals surface area (Å²) in [4.78, 5) is 35.9. The largest absolute Gasteiger partial charge is 0.495 e. The summed E-state index contributed by atoms with van der Waals surface area (Å²) in [7, 11) is 1.49. The first kappa shape index (κ1) is 33.1. The molecule has 11 nitrogen and oxygen atoms in total. The molecule has 45 heavy (non-hydrogen) atoms. The molecule has 1 fully saturated rings. The molecule has 1 aromatic heterocycles. The van der Waals surface area contributed by atoms with Crippen LogP contribution < -0.4 is 20.7 Å². The summed E-state index contributed by atoms with van der Waals surface area (Å²) < 4.78 is 52.5.